The van der Waals surface area contributed by atoms with Gasteiger partial charge in [-0.05, 0) is 18.9 Å². The smallest absolute Gasteiger partial charge is 0.311 e. The highest BCUT2D eigenvalue weighted by molar-refractivity contribution is 5.76. The molecule has 6 nitrogen and oxygen atoms in total. The van der Waals surface area contributed by atoms with Crippen molar-refractivity contribution in [1.82, 2.24) is 14.6 Å². The van der Waals surface area contributed by atoms with Crippen LogP contribution in [0.2, 0.25) is 0 Å². The molecule has 19 heavy (non-hydrogen) atoms. The van der Waals surface area contributed by atoms with Crippen molar-refractivity contribution < 1.29 is 9.90 Å². The second kappa shape index (κ2) is 4.53. The average molecular weight is 260 g/mol. The molecule has 1 aliphatic carbocycles. The summed E-state index contributed by atoms with van der Waals surface area (Å²) in [5.74, 6) is -0.0227. The van der Waals surface area contributed by atoms with Crippen molar-refractivity contribution in [1.29, 1.82) is 0 Å². The number of hydrogen-bond donors (Lipinski definition) is 2. The highest BCUT2D eigenvalue weighted by atomic mass is 16.4. The molecule has 0 aliphatic heterocycles. The van der Waals surface area contributed by atoms with Crippen molar-refractivity contribution in [2.45, 2.75) is 25.7 Å². The zero-order valence-corrected chi connectivity index (χ0v) is 10.5. The normalized spacial score (nSPS) is 17.7. The maximum absolute atomic E-state index is 11.5. The van der Waals surface area contributed by atoms with Gasteiger partial charge in [0.15, 0.2) is 5.82 Å². The molecular formula is C13H16N4O2. The molecule has 0 aromatic carbocycles. The quantitative estimate of drug-likeness (QED) is 0.876. The van der Waals surface area contributed by atoms with Gasteiger partial charge in [0.2, 0.25) is 0 Å². The van der Waals surface area contributed by atoms with Crippen LogP contribution in [-0.2, 0) is 4.79 Å². The average Bonchev–Trinajstić information content (AvgIpc) is 3.06. The molecule has 2 aromatic heterocycles. The van der Waals surface area contributed by atoms with Gasteiger partial charge in [-0.25, -0.2) is 9.50 Å². The van der Waals surface area contributed by atoms with Gasteiger partial charge in [-0.3, -0.25) is 4.79 Å². The Morgan fingerprint density at radius 1 is 1.42 bits per heavy atom. The van der Waals surface area contributed by atoms with Gasteiger partial charge in [0.25, 0.3) is 0 Å². The van der Waals surface area contributed by atoms with Gasteiger partial charge < -0.3 is 10.4 Å². The van der Waals surface area contributed by atoms with Gasteiger partial charge in [-0.15, -0.1) is 0 Å². The summed E-state index contributed by atoms with van der Waals surface area (Å²) in [4.78, 5) is 15.7. The standard InChI is InChI=1S/C13H16N4O2/c18-12(19)13(4-1-2-5-13)9-15-11-10-3-6-16-17(10)8-7-14-11/h3,6-8H,1-2,4-5,9H2,(H,14,15)(H,18,19). The lowest BCUT2D eigenvalue weighted by atomic mass is 9.86. The number of hydrogen-bond acceptors (Lipinski definition) is 4. The molecule has 0 unspecified atom stereocenters. The van der Waals surface area contributed by atoms with Gasteiger partial charge in [0, 0.05) is 18.9 Å². The summed E-state index contributed by atoms with van der Waals surface area (Å²) in [7, 11) is 0. The van der Waals surface area contributed by atoms with Crippen LogP contribution in [0.3, 0.4) is 0 Å². The van der Waals surface area contributed by atoms with Gasteiger partial charge in [0.05, 0.1) is 11.6 Å². The van der Waals surface area contributed by atoms with E-state index in [-0.39, 0.29) is 0 Å². The van der Waals surface area contributed by atoms with Crippen LogP contribution in [0.25, 0.3) is 5.52 Å². The van der Waals surface area contributed by atoms with Crippen LogP contribution in [0.5, 0.6) is 0 Å². The SMILES string of the molecule is O=C(O)C1(CNc2nccn3nccc23)CCCC1. The summed E-state index contributed by atoms with van der Waals surface area (Å²) in [6.45, 7) is 0.417. The molecule has 2 aromatic rings. The number of nitrogens with zero attached hydrogens (tertiary/aromatic N) is 3. The number of nitrogens with one attached hydrogen (secondary N) is 1. The van der Waals surface area contributed by atoms with E-state index in [1.807, 2.05) is 6.07 Å². The first kappa shape index (κ1) is 12.0. The fraction of sp³-hybridized carbons (Fsp3) is 0.462. The van der Waals surface area contributed by atoms with Gasteiger partial charge in [-0.2, -0.15) is 5.10 Å². The topological polar surface area (TPSA) is 79.5 Å². The predicted octanol–water partition coefficient (Wildman–Crippen LogP) is 1.79. The van der Waals surface area contributed by atoms with Crippen molar-refractivity contribution in [3.63, 3.8) is 0 Å². The molecule has 2 N–H and O–H groups in total. The van der Waals surface area contributed by atoms with Crippen molar-refractivity contribution in [3.05, 3.63) is 24.7 Å². The van der Waals surface area contributed by atoms with Crippen molar-refractivity contribution in [3.8, 4) is 0 Å². The molecule has 0 atom stereocenters. The van der Waals surface area contributed by atoms with E-state index >= 15 is 0 Å². The van der Waals surface area contributed by atoms with Crippen molar-refractivity contribution in [2.75, 3.05) is 11.9 Å². The number of rotatable bonds is 4. The van der Waals surface area contributed by atoms with Crippen molar-refractivity contribution >= 4 is 17.3 Å². The van der Waals surface area contributed by atoms with Crippen LogP contribution in [0.1, 0.15) is 25.7 Å². The van der Waals surface area contributed by atoms with E-state index in [9.17, 15) is 9.90 Å². The van der Waals surface area contributed by atoms with Gasteiger partial charge in [-0.1, -0.05) is 12.8 Å². The number of aliphatic carboxylic acids is 1. The van der Waals surface area contributed by atoms with E-state index in [1.165, 1.54) is 0 Å². The lowest BCUT2D eigenvalue weighted by molar-refractivity contribution is -0.147. The van der Waals surface area contributed by atoms with Gasteiger partial charge in [0.1, 0.15) is 5.52 Å². The first-order valence-electron chi connectivity index (χ1n) is 6.47. The maximum atomic E-state index is 11.5. The summed E-state index contributed by atoms with van der Waals surface area (Å²) in [6, 6.07) is 1.86. The summed E-state index contributed by atoms with van der Waals surface area (Å²) >= 11 is 0. The molecule has 1 saturated carbocycles. The van der Waals surface area contributed by atoms with E-state index in [0.717, 1.165) is 31.2 Å². The second-order valence-corrected chi connectivity index (χ2v) is 5.08. The summed E-state index contributed by atoms with van der Waals surface area (Å²) < 4.78 is 1.72. The fourth-order valence-corrected chi connectivity index (χ4v) is 2.76. The first-order valence-corrected chi connectivity index (χ1v) is 6.47. The Bertz CT molecular complexity index is 601. The molecule has 0 saturated heterocycles. The number of carboxylic acids is 1. The highest BCUT2D eigenvalue weighted by Crippen LogP contribution is 2.38. The Labute approximate surface area is 110 Å². The largest absolute Gasteiger partial charge is 0.481 e. The Morgan fingerprint density at radius 3 is 2.95 bits per heavy atom. The molecule has 0 spiro atoms. The van der Waals surface area contributed by atoms with Crippen LogP contribution in [-0.4, -0.2) is 32.2 Å². The zero-order chi connectivity index (χ0) is 13.3. The van der Waals surface area contributed by atoms with Crippen LogP contribution >= 0.6 is 0 Å². The highest BCUT2D eigenvalue weighted by Gasteiger charge is 2.41. The Morgan fingerprint density at radius 2 is 2.21 bits per heavy atom. The molecule has 100 valence electrons. The molecule has 1 aliphatic rings. The lowest BCUT2D eigenvalue weighted by Crippen LogP contribution is -2.35. The first-order chi connectivity index (χ1) is 9.21. The lowest BCUT2D eigenvalue weighted by Gasteiger charge is -2.24. The molecule has 0 radical (unpaired) electrons. The molecule has 0 amide bonds. The van der Waals surface area contributed by atoms with E-state index < -0.39 is 11.4 Å². The number of carbonyl (C=O) groups is 1. The third-order valence-electron chi connectivity index (χ3n) is 3.93. The minimum atomic E-state index is -0.710. The van der Waals surface area contributed by atoms with E-state index in [0.29, 0.717) is 12.4 Å². The van der Waals surface area contributed by atoms with Crippen LogP contribution in [0.4, 0.5) is 5.82 Å². The molecule has 3 rings (SSSR count). The van der Waals surface area contributed by atoms with Crippen LogP contribution in [0.15, 0.2) is 24.7 Å². The second-order valence-electron chi connectivity index (χ2n) is 5.08. The summed E-state index contributed by atoms with van der Waals surface area (Å²) in [5.41, 5.74) is 0.218. The third-order valence-corrected chi connectivity index (χ3v) is 3.93. The van der Waals surface area contributed by atoms with E-state index in [2.05, 4.69) is 15.4 Å². The Balaban J connectivity index is 1.82. The van der Waals surface area contributed by atoms with Gasteiger partial charge >= 0.3 is 5.97 Å². The molecule has 6 heteroatoms. The Hall–Kier alpha value is -2.11. The van der Waals surface area contributed by atoms with Crippen LogP contribution in [0, 0.1) is 5.41 Å². The van der Waals surface area contributed by atoms with E-state index in [4.69, 9.17) is 0 Å². The summed E-state index contributed by atoms with van der Waals surface area (Å²) in [6.07, 6.45) is 8.56. The van der Waals surface area contributed by atoms with E-state index in [1.54, 1.807) is 23.1 Å². The Kier molecular flexibility index (Phi) is 2.85. The predicted molar refractivity (Wildman–Crippen MR) is 70.0 cm³/mol. The van der Waals surface area contributed by atoms with Crippen LogP contribution < -0.4 is 5.32 Å². The number of fused-ring (bicyclic) bond motifs is 1. The minimum Gasteiger partial charge on any atom is -0.481 e. The number of carboxylic acid groups (broad SMARTS) is 1. The number of aromatic nitrogens is 3. The zero-order valence-electron chi connectivity index (χ0n) is 10.5. The minimum absolute atomic E-state index is 0.417. The molecule has 1 fully saturated rings. The van der Waals surface area contributed by atoms with Crippen molar-refractivity contribution in [2.24, 2.45) is 5.41 Å². The molecular weight excluding hydrogens is 244 g/mol. The molecule has 2 heterocycles. The maximum Gasteiger partial charge on any atom is 0.311 e. The molecule has 0 bridgehead atoms. The summed E-state index contributed by atoms with van der Waals surface area (Å²) in [5, 5.41) is 16.8. The number of anilines is 1. The third kappa shape index (κ3) is 2.03. The fourth-order valence-electron chi connectivity index (χ4n) is 2.76. The monoisotopic (exact) mass is 260 g/mol.